The Labute approximate surface area is 127 Å². The molecule has 0 saturated heterocycles. The molecule has 7 nitrogen and oxygen atoms in total. The van der Waals surface area contributed by atoms with Gasteiger partial charge in [-0.3, -0.25) is 9.59 Å². The van der Waals surface area contributed by atoms with Crippen LogP contribution in [0.1, 0.15) is 10.4 Å². The minimum atomic E-state index is -0.376. The first-order valence-corrected chi connectivity index (χ1v) is 6.90. The van der Waals surface area contributed by atoms with Gasteiger partial charge < -0.3 is 0 Å². The highest BCUT2D eigenvalue weighted by molar-refractivity contribution is 9.10. The second-order valence-electron chi connectivity index (χ2n) is 4.49. The molecule has 0 fully saturated rings. The molecule has 0 atom stereocenters. The number of Topliss-reactive ketones (excluding diaryl/α,β-unsaturated/α-hetero) is 1. The van der Waals surface area contributed by atoms with Crippen LogP contribution in [0, 0.1) is 0 Å². The number of benzene rings is 1. The minimum Gasteiger partial charge on any atom is -0.292 e. The first-order chi connectivity index (χ1) is 10.1. The van der Waals surface area contributed by atoms with Gasteiger partial charge in [0.05, 0.1) is 6.20 Å². The molecule has 0 amide bonds. The fraction of sp³-hybridized carbons (Fsp3) is 0.154. The fourth-order valence-electron chi connectivity index (χ4n) is 1.94. The van der Waals surface area contributed by atoms with Crippen molar-refractivity contribution in [3.05, 3.63) is 50.9 Å². The van der Waals surface area contributed by atoms with Gasteiger partial charge in [0.2, 0.25) is 0 Å². The predicted octanol–water partition coefficient (Wildman–Crippen LogP) is 1.17. The lowest BCUT2D eigenvalue weighted by molar-refractivity contribution is 0.0964. The van der Waals surface area contributed by atoms with Crippen molar-refractivity contribution in [3.8, 4) is 0 Å². The second-order valence-corrected chi connectivity index (χ2v) is 5.40. The maximum atomic E-state index is 12.2. The molecule has 0 N–H and O–H groups in total. The number of hydrogen-bond acceptors (Lipinski definition) is 5. The predicted molar refractivity (Wildman–Crippen MR) is 79.0 cm³/mol. The molecule has 21 heavy (non-hydrogen) atoms. The van der Waals surface area contributed by atoms with E-state index in [0.29, 0.717) is 16.6 Å². The number of halogens is 1. The van der Waals surface area contributed by atoms with E-state index in [1.807, 2.05) is 0 Å². The highest BCUT2D eigenvalue weighted by Gasteiger charge is 2.13. The van der Waals surface area contributed by atoms with Gasteiger partial charge in [-0.1, -0.05) is 33.3 Å². The van der Waals surface area contributed by atoms with Crippen molar-refractivity contribution in [2.24, 2.45) is 7.05 Å². The average molecular weight is 348 g/mol. The molecular formula is C13H10BrN5O2. The topological polar surface area (TPSA) is 82.7 Å². The summed E-state index contributed by atoms with van der Waals surface area (Å²) in [5.74, 6) is -0.206. The number of rotatable bonds is 3. The van der Waals surface area contributed by atoms with E-state index in [1.54, 1.807) is 31.3 Å². The van der Waals surface area contributed by atoms with Crippen LogP contribution in [0.5, 0.6) is 0 Å². The third kappa shape index (κ3) is 2.49. The van der Waals surface area contributed by atoms with E-state index in [9.17, 15) is 9.59 Å². The molecule has 0 unspecified atom stereocenters. The Morgan fingerprint density at radius 2 is 2.00 bits per heavy atom. The van der Waals surface area contributed by atoms with Crippen molar-refractivity contribution in [1.82, 2.24) is 24.8 Å². The van der Waals surface area contributed by atoms with Crippen LogP contribution in [0.4, 0.5) is 0 Å². The van der Waals surface area contributed by atoms with E-state index in [-0.39, 0.29) is 17.9 Å². The normalized spacial score (nSPS) is 11.0. The van der Waals surface area contributed by atoms with Crippen LogP contribution >= 0.6 is 15.9 Å². The smallest absolute Gasteiger partial charge is 0.281 e. The summed E-state index contributed by atoms with van der Waals surface area (Å²) in [6.07, 6.45) is 1.42. The van der Waals surface area contributed by atoms with Crippen LogP contribution in [0.3, 0.4) is 0 Å². The van der Waals surface area contributed by atoms with Crippen LogP contribution in [0.15, 0.2) is 39.7 Å². The van der Waals surface area contributed by atoms with E-state index >= 15 is 0 Å². The molecule has 2 heterocycles. The van der Waals surface area contributed by atoms with Crippen LogP contribution in [0.25, 0.3) is 11.0 Å². The van der Waals surface area contributed by atoms with Gasteiger partial charge in [-0.25, -0.2) is 9.36 Å². The number of fused-ring (bicyclic) bond motifs is 1. The van der Waals surface area contributed by atoms with Crippen LogP contribution in [-0.4, -0.2) is 30.6 Å². The number of aromatic nitrogens is 5. The molecule has 0 bridgehead atoms. The Balaban J connectivity index is 1.94. The largest absolute Gasteiger partial charge is 0.292 e. The minimum absolute atomic E-state index is 0.154. The highest BCUT2D eigenvalue weighted by atomic mass is 79.9. The van der Waals surface area contributed by atoms with Crippen molar-refractivity contribution >= 4 is 32.7 Å². The molecule has 0 aliphatic rings. The molecule has 0 spiro atoms. The first-order valence-electron chi connectivity index (χ1n) is 6.10. The quantitative estimate of drug-likeness (QED) is 0.664. The van der Waals surface area contributed by atoms with Crippen molar-refractivity contribution in [2.45, 2.75) is 6.54 Å². The summed E-state index contributed by atoms with van der Waals surface area (Å²) < 4.78 is 3.40. The number of nitrogens with zero attached hydrogens (tertiary/aromatic N) is 5. The molecule has 1 aromatic carbocycles. The lowest BCUT2D eigenvalue weighted by Gasteiger charge is -2.03. The summed E-state index contributed by atoms with van der Waals surface area (Å²) in [7, 11) is 1.67. The lowest BCUT2D eigenvalue weighted by Crippen LogP contribution is -2.27. The zero-order valence-electron chi connectivity index (χ0n) is 11.0. The third-order valence-electron chi connectivity index (χ3n) is 3.08. The van der Waals surface area contributed by atoms with Crippen molar-refractivity contribution in [1.29, 1.82) is 0 Å². The summed E-state index contributed by atoms with van der Waals surface area (Å²) in [4.78, 5) is 24.4. The van der Waals surface area contributed by atoms with Gasteiger partial charge in [-0.15, -0.1) is 5.10 Å². The molecule has 106 valence electrons. The van der Waals surface area contributed by atoms with Gasteiger partial charge in [0.15, 0.2) is 11.4 Å². The van der Waals surface area contributed by atoms with Crippen LogP contribution in [0.2, 0.25) is 0 Å². The first kappa shape index (κ1) is 13.6. The number of carbonyl (C=O) groups excluding carboxylic acids is 1. The number of carbonyl (C=O) groups is 1. The van der Waals surface area contributed by atoms with Crippen molar-refractivity contribution in [3.63, 3.8) is 0 Å². The molecule has 0 radical (unpaired) electrons. The van der Waals surface area contributed by atoms with Crippen molar-refractivity contribution in [2.75, 3.05) is 0 Å². The zero-order valence-corrected chi connectivity index (χ0v) is 12.6. The summed E-state index contributed by atoms with van der Waals surface area (Å²) in [6.45, 7) is -0.154. The molecule has 0 aliphatic carbocycles. The Bertz CT molecular complexity index is 882. The fourth-order valence-corrected chi connectivity index (χ4v) is 2.21. The van der Waals surface area contributed by atoms with Gasteiger partial charge in [0.1, 0.15) is 11.9 Å². The highest BCUT2D eigenvalue weighted by Crippen LogP contribution is 2.11. The van der Waals surface area contributed by atoms with Crippen LogP contribution < -0.4 is 5.56 Å². The Kier molecular flexibility index (Phi) is 3.38. The van der Waals surface area contributed by atoms with Crippen molar-refractivity contribution < 1.29 is 4.79 Å². The molecular weight excluding hydrogens is 338 g/mol. The summed E-state index contributed by atoms with van der Waals surface area (Å²) in [5, 5.41) is 12.0. The van der Waals surface area contributed by atoms with Crippen LogP contribution in [-0.2, 0) is 13.6 Å². The van der Waals surface area contributed by atoms with Gasteiger partial charge >= 0.3 is 0 Å². The number of ketones is 1. The molecule has 3 rings (SSSR count). The molecule has 0 aliphatic heterocycles. The maximum absolute atomic E-state index is 12.2. The van der Waals surface area contributed by atoms with E-state index in [2.05, 4.69) is 31.3 Å². The Morgan fingerprint density at radius 3 is 2.71 bits per heavy atom. The second kappa shape index (κ2) is 5.21. The van der Waals surface area contributed by atoms with E-state index in [0.717, 1.165) is 9.15 Å². The SMILES string of the molecule is Cn1ncc2c(=O)n(CC(=O)c3ccc(Br)cc3)nnc21. The van der Waals surface area contributed by atoms with Gasteiger partial charge in [-0.2, -0.15) is 5.10 Å². The standard InChI is InChI=1S/C13H10BrN5O2/c1-18-12-10(6-15-18)13(21)19(17-16-12)7-11(20)8-2-4-9(14)5-3-8/h2-6H,7H2,1H3. The van der Waals surface area contributed by atoms with Gasteiger partial charge in [0.25, 0.3) is 5.56 Å². The lowest BCUT2D eigenvalue weighted by atomic mass is 10.1. The average Bonchev–Trinajstić information content (AvgIpc) is 2.85. The van der Waals surface area contributed by atoms with E-state index < -0.39 is 0 Å². The van der Waals surface area contributed by atoms with E-state index in [1.165, 1.54) is 10.9 Å². The monoisotopic (exact) mass is 347 g/mol. The summed E-state index contributed by atoms with van der Waals surface area (Å²) in [6, 6.07) is 6.92. The Morgan fingerprint density at radius 1 is 1.29 bits per heavy atom. The van der Waals surface area contributed by atoms with E-state index in [4.69, 9.17) is 0 Å². The summed E-state index contributed by atoms with van der Waals surface area (Å²) >= 11 is 3.30. The van der Waals surface area contributed by atoms with Gasteiger partial charge in [-0.05, 0) is 12.1 Å². The Hall–Kier alpha value is -2.35. The summed E-state index contributed by atoms with van der Waals surface area (Å²) in [5.41, 5.74) is 0.532. The third-order valence-corrected chi connectivity index (χ3v) is 3.61. The zero-order chi connectivity index (χ0) is 15.0. The molecule has 2 aromatic heterocycles. The number of aryl methyl sites for hydroxylation is 1. The maximum Gasteiger partial charge on any atom is 0.281 e. The molecule has 8 heteroatoms. The molecule has 0 saturated carbocycles. The van der Waals surface area contributed by atoms with Gasteiger partial charge in [0, 0.05) is 17.1 Å². The number of hydrogen-bond donors (Lipinski definition) is 0. The molecule has 3 aromatic rings.